The smallest absolute Gasteiger partial charge is 0.169 e. The molecule has 1 unspecified atom stereocenters. The number of hydrogen-bond donors (Lipinski definition) is 1. The monoisotopic (exact) mass is 228 g/mol. The number of furan rings is 1. The van der Waals surface area contributed by atoms with Gasteiger partial charge in [0.05, 0.1) is 12.4 Å². The molecular weight excluding hydrogens is 220 g/mol. The largest absolute Gasteiger partial charge is 0.457 e. The van der Waals surface area contributed by atoms with E-state index in [1.165, 1.54) is 6.26 Å². The van der Waals surface area contributed by atoms with Gasteiger partial charge >= 0.3 is 0 Å². The average Bonchev–Trinajstić information content (AvgIpc) is 2.47. The van der Waals surface area contributed by atoms with E-state index in [4.69, 9.17) is 10.8 Å². The molecule has 1 rings (SSSR count). The molecule has 1 N–H and O–H groups in total. The highest BCUT2D eigenvalue weighted by Gasteiger charge is 2.09. The average molecular weight is 229 g/mol. The van der Waals surface area contributed by atoms with Gasteiger partial charge in [-0.15, -0.1) is 12.3 Å². The van der Waals surface area contributed by atoms with Crippen molar-refractivity contribution in [1.82, 2.24) is 0 Å². The van der Waals surface area contributed by atoms with E-state index in [0.717, 1.165) is 5.56 Å². The maximum Gasteiger partial charge on any atom is 0.169 e. The van der Waals surface area contributed by atoms with Gasteiger partial charge in [-0.25, -0.2) is 0 Å². The van der Waals surface area contributed by atoms with E-state index in [2.05, 4.69) is 21.9 Å². The van der Waals surface area contributed by atoms with E-state index >= 15 is 0 Å². The van der Waals surface area contributed by atoms with Crippen LogP contribution in [0, 0.1) is 12.3 Å². The van der Waals surface area contributed by atoms with Gasteiger partial charge in [0.15, 0.2) is 4.67 Å². The second kappa shape index (κ2) is 4.34. The fourth-order valence-corrected chi connectivity index (χ4v) is 1.24. The van der Waals surface area contributed by atoms with Crippen molar-refractivity contribution in [2.45, 2.75) is 18.9 Å². The van der Waals surface area contributed by atoms with Crippen LogP contribution < -0.4 is 0 Å². The summed E-state index contributed by atoms with van der Waals surface area (Å²) in [6, 6.07) is 1.74. The van der Waals surface area contributed by atoms with Crippen LogP contribution in [0.4, 0.5) is 0 Å². The van der Waals surface area contributed by atoms with Crippen molar-refractivity contribution in [1.29, 1.82) is 0 Å². The van der Waals surface area contributed by atoms with Crippen molar-refractivity contribution < 1.29 is 9.52 Å². The van der Waals surface area contributed by atoms with Gasteiger partial charge in [-0.1, -0.05) is 0 Å². The molecule has 0 aromatic carbocycles. The highest BCUT2D eigenvalue weighted by molar-refractivity contribution is 9.10. The molecule has 0 aliphatic heterocycles. The van der Waals surface area contributed by atoms with E-state index in [9.17, 15) is 5.11 Å². The van der Waals surface area contributed by atoms with E-state index < -0.39 is 6.10 Å². The Hall–Kier alpha value is -0.720. The lowest BCUT2D eigenvalue weighted by molar-refractivity contribution is 0.168. The van der Waals surface area contributed by atoms with Gasteiger partial charge in [-0.05, 0) is 28.4 Å². The molecule has 1 atom stereocenters. The summed E-state index contributed by atoms with van der Waals surface area (Å²) in [7, 11) is 0. The first kappa shape index (κ1) is 9.37. The Bertz CT molecular complexity index is 285. The first-order valence-corrected chi connectivity index (χ1v) is 4.39. The van der Waals surface area contributed by atoms with Crippen LogP contribution in [0.1, 0.15) is 24.5 Å². The minimum absolute atomic E-state index is 0.518. The predicted octanol–water partition coefficient (Wildman–Crippen LogP) is 2.49. The number of hydrogen-bond acceptors (Lipinski definition) is 2. The second-order valence-electron chi connectivity index (χ2n) is 2.44. The standard InChI is InChI=1S/C9H9BrO2/c1-2-3-4-8(11)7-5-9(10)12-6-7/h1,5-6,8,11H,3-4H2. The van der Waals surface area contributed by atoms with Crippen LogP contribution in [0.2, 0.25) is 0 Å². The summed E-state index contributed by atoms with van der Waals surface area (Å²) in [5.41, 5.74) is 0.761. The molecule has 1 aromatic rings. The van der Waals surface area contributed by atoms with Crippen molar-refractivity contribution in [3.63, 3.8) is 0 Å². The zero-order valence-corrected chi connectivity index (χ0v) is 8.04. The zero-order valence-electron chi connectivity index (χ0n) is 6.46. The molecule has 0 fully saturated rings. The summed E-state index contributed by atoms with van der Waals surface area (Å²) < 4.78 is 5.59. The van der Waals surface area contributed by atoms with Gasteiger partial charge in [0, 0.05) is 12.0 Å². The molecule has 3 heteroatoms. The van der Waals surface area contributed by atoms with Crippen LogP contribution in [-0.2, 0) is 0 Å². The third-order valence-corrected chi connectivity index (χ3v) is 1.95. The quantitative estimate of drug-likeness (QED) is 0.807. The second-order valence-corrected chi connectivity index (χ2v) is 3.22. The molecule has 0 saturated carbocycles. The van der Waals surface area contributed by atoms with Crippen LogP contribution in [0.15, 0.2) is 21.4 Å². The molecule has 1 aromatic heterocycles. The molecule has 2 nitrogen and oxygen atoms in total. The minimum Gasteiger partial charge on any atom is -0.457 e. The third kappa shape index (κ3) is 2.40. The molecule has 12 heavy (non-hydrogen) atoms. The molecular formula is C9H9BrO2. The van der Waals surface area contributed by atoms with E-state index in [1.807, 2.05) is 0 Å². The van der Waals surface area contributed by atoms with E-state index in [-0.39, 0.29) is 0 Å². The van der Waals surface area contributed by atoms with Gasteiger partial charge in [0.1, 0.15) is 0 Å². The van der Waals surface area contributed by atoms with Crippen molar-refractivity contribution in [3.05, 3.63) is 22.6 Å². The third-order valence-electron chi connectivity index (χ3n) is 1.53. The highest BCUT2D eigenvalue weighted by atomic mass is 79.9. The van der Waals surface area contributed by atoms with Gasteiger partial charge in [0.25, 0.3) is 0 Å². The number of aliphatic hydroxyl groups excluding tert-OH is 1. The summed E-state index contributed by atoms with van der Waals surface area (Å²) in [5, 5.41) is 9.49. The topological polar surface area (TPSA) is 33.4 Å². The summed E-state index contributed by atoms with van der Waals surface area (Å²) in [6.45, 7) is 0. The lowest BCUT2D eigenvalue weighted by atomic mass is 10.1. The fourth-order valence-electron chi connectivity index (χ4n) is 0.885. The first-order chi connectivity index (χ1) is 5.74. The Morgan fingerprint density at radius 2 is 2.50 bits per heavy atom. The molecule has 1 heterocycles. The minimum atomic E-state index is -0.518. The lowest BCUT2D eigenvalue weighted by Gasteiger charge is -2.03. The molecule has 0 radical (unpaired) electrons. The fraction of sp³-hybridized carbons (Fsp3) is 0.333. The Balaban J connectivity index is 2.54. The van der Waals surface area contributed by atoms with Gasteiger partial charge in [-0.3, -0.25) is 0 Å². The Morgan fingerprint density at radius 3 is 3.00 bits per heavy atom. The maximum absolute atomic E-state index is 9.49. The zero-order chi connectivity index (χ0) is 8.97. The highest BCUT2D eigenvalue weighted by Crippen LogP contribution is 2.23. The summed E-state index contributed by atoms with van der Waals surface area (Å²) in [6.07, 6.45) is 7.21. The van der Waals surface area contributed by atoms with Crippen molar-refractivity contribution >= 4 is 15.9 Å². The van der Waals surface area contributed by atoms with Gasteiger partial charge < -0.3 is 9.52 Å². The van der Waals surface area contributed by atoms with Crippen molar-refractivity contribution in [2.24, 2.45) is 0 Å². The lowest BCUT2D eigenvalue weighted by Crippen LogP contribution is -1.93. The van der Waals surface area contributed by atoms with Crippen molar-refractivity contribution in [3.8, 4) is 12.3 Å². The SMILES string of the molecule is C#CCCC(O)c1coc(Br)c1. The predicted molar refractivity (Wildman–Crippen MR) is 49.4 cm³/mol. The Kier molecular flexibility index (Phi) is 3.39. The number of terminal acetylenes is 1. The summed E-state index contributed by atoms with van der Waals surface area (Å²) in [5.74, 6) is 2.47. The number of aliphatic hydroxyl groups is 1. The van der Waals surface area contributed by atoms with Gasteiger partial charge in [0.2, 0.25) is 0 Å². The molecule has 0 aliphatic carbocycles. The van der Waals surface area contributed by atoms with Crippen molar-refractivity contribution in [2.75, 3.05) is 0 Å². The number of halogens is 1. The first-order valence-electron chi connectivity index (χ1n) is 3.59. The molecule has 0 amide bonds. The van der Waals surface area contributed by atoms with Crippen LogP contribution in [0.3, 0.4) is 0 Å². The molecule has 0 aliphatic rings. The molecule has 0 spiro atoms. The van der Waals surface area contributed by atoms with E-state index in [1.54, 1.807) is 6.07 Å². The maximum atomic E-state index is 9.49. The Labute approximate surface area is 79.7 Å². The molecule has 0 bridgehead atoms. The van der Waals surface area contributed by atoms with Crippen LogP contribution in [0.5, 0.6) is 0 Å². The van der Waals surface area contributed by atoms with Gasteiger partial charge in [-0.2, -0.15) is 0 Å². The summed E-state index contributed by atoms with van der Waals surface area (Å²) in [4.78, 5) is 0. The van der Waals surface area contributed by atoms with Crippen LogP contribution in [-0.4, -0.2) is 5.11 Å². The molecule has 64 valence electrons. The number of rotatable bonds is 3. The normalized spacial score (nSPS) is 12.4. The Morgan fingerprint density at radius 1 is 1.75 bits per heavy atom. The van der Waals surface area contributed by atoms with E-state index in [0.29, 0.717) is 17.5 Å². The molecule has 0 saturated heterocycles. The van der Waals surface area contributed by atoms with Crippen LogP contribution >= 0.6 is 15.9 Å². The van der Waals surface area contributed by atoms with Crippen LogP contribution in [0.25, 0.3) is 0 Å². The summed E-state index contributed by atoms with van der Waals surface area (Å²) >= 11 is 3.15.